The van der Waals surface area contributed by atoms with Gasteiger partial charge < -0.3 is 9.47 Å². The monoisotopic (exact) mass is 332 g/mol. The van der Waals surface area contributed by atoms with E-state index in [2.05, 4.69) is 13.8 Å². The highest BCUT2D eigenvalue weighted by Gasteiger charge is 2.07. The first-order valence-corrected chi connectivity index (χ1v) is 7.98. The third kappa shape index (κ3) is 8.18. The van der Waals surface area contributed by atoms with Crippen molar-refractivity contribution in [2.75, 3.05) is 13.2 Å². The third-order valence-corrected chi connectivity index (χ3v) is 3.46. The number of benzene rings is 1. The zero-order valence-electron chi connectivity index (χ0n) is 12.5. The summed E-state index contributed by atoms with van der Waals surface area (Å²) in [4.78, 5) is 11.5. The topological polar surface area (TPSA) is 35.5 Å². The molecule has 0 unspecified atom stereocenters. The Morgan fingerprint density at radius 1 is 1.19 bits per heavy atom. The van der Waals surface area contributed by atoms with Crippen LogP contribution >= 0.6 is 23.2 Å². The summed E-state index contributed by atoms with van der Waals surface area (Å²) in [6.07, 6.45) is 4.35. The molecule has 0 bridgehead atoms. The van der Waals surface area contributed by atoms with E-state index in [4.69, 9.17) is 32.7 Å². The zero-order chi connectivity index (χ0) is 15.7. The van der Waals surface area contributed by atoms with Crippen molar-refractivity contribution < 1.29 is 14.3 Å². The van der Waals surface area contributed by atoms with Crippen LogP contribution in [0.2, 0.25) is 10.0 Å². The van der Waals surface area contributed by atoms with Crippen LogP contribution in [0.4, 0.5) is 0 Å². The maximum atomic E-state index is 11.5. The van der Waals surface area contributed by atoms with Gasteiger partial charge in [-0.1, -0.05) is 56.3 Å². The van der Waals surface area contributed by atoms with E-state index in [0.717, 1.165) is 18.8 Å². The molecule has 1 rings (SSSR count). The Kier molecular flexibility index (Phi) is 8.55. The number of carbonyl (C=O) groups excluding carboxylic acids is 1. The molecule has 0 aliphatic rings. The maximum Gasteiger partial charge on any atom is 0.344 e. The second-order valence-electron chi connectivity index (χ2n) is 5.33. The summed E-state index contributed by atoms with van der Waals surface area (Å²) in [5.41, 5.74) is 0. The summed E-state index contributed by atoms with van der Waals surface area (Å²) in [5.74, 6) is 0.768. The fraction of sp³-hybridized carbons (Fsp3) is 0.562. The molecular formula is C16H22Cl2O3. The summed E-state index contributed by atoms with van der Waals surface area (Å²) in [6.45, 7) is 4.71. The summed E-state index contributed by atoms with van der Waals surface area (Å²) < 4.78 is 10.4. The predicted molar refractivity (Wildman–Crippen MR) is 86.2 cm³/mol. The summed E-state index contributed by atoms with van der Waals surface area (Å²) in [7, 11) is 0. The molecule has 118 valence electrons. The second kappa shape index (κ2) is 9.91. The van der Waals surface area contributed by atoms with Crippen LogP contribution in [0, 0.1) is 5.92 Å². The number of halogens is 2. The van der Waals surface area contributed by atoms with Gasteiger partial charge in [0.05, 0.1) is 11.6 Å². The highest BCUT2D eigenvalue weighted by molar-refractivity contribution is 6.35. The van der Waals surface area contributed by atoms with Crippen LogP contribution in [0.3, 0.4) is 0 Å². The second-order valence-corrected chi connectivity index (χ2v) is 6.17. The van der Waals surface area contributed by atoms with Gasteiger partial charge >= 0.3 is 5.97 Å². The Morgan fingerprint density at radius 2 is 1.95 bits per heavy atom. The van der Waals surface area contributed by atoms with Crippen molar-refractivity contribution in [3.8, 4) is 5.75 Å². The predicted octanol–water partition coefficient (Wildman–Crippen LogP) is 5.13. The van der Waals surface area contributed by atoms with Crippen molar-refractivity contribution in [1.29, 1.82) is 0 Å². The van der Waals surface area contributed by atoms with Crippen molar-refractivity contribution in [2.45, 2.75) is 39.5 Å². The molecule has 0 radical (unpaired) electrons. The lowest BCUT2D eigenvalue weighted by molar-refractivity contribution is -0.146. The first-order chi connectivity index (χ1) is 9.99. The molecule has 1 aromatic carbocycles. The maximum absolute atomic E-state index is 11.5. The first-order valence-electron chi connectivity index (χ1n) is 7.22. The van der Waals surface area contributed by atoms with Gasteiger partial charge in [0.15, 0.2) is 6.61 Å². The first kappa shape index (κ1) is 18.1. The molecule has 0 saturated heterocycles. The SMILES string of the molecule is CC(C)CCCCCOC(=O)COc1ccc(Cl)cc1Cl. The van der Waals surface area contributed by atoms with Crippen LogP contribution in [-0.4, -0.2) is 19.2 Å². The molecule has 0 aliphatic carbocycles. The molecule has 0 spiro atoms. The average molecular weight is 333 g/mol. The molecule has 0 amide bonds. The fourth-order valence-corrected chi connectivity index (χ4v) is 2.25. The van der Waals surface area contributed by atoms with Gasteiger partial charge in [-0.15, -0.1) is 0 Å². The largest absolute Gasteiger partial charge is 0.480 e. The number of carbonyl (C=O) groups is 1. The molecule has 21 heavy (non-hydrogen) atoms. The molecule has 0 heterocycles. The van der Waals surface area contributed by atoms with E-state index in [1.165, 1.54) is 12.8 Å². The summed E-state index contributed by atoms with van der Waals surface area (Å²) >= 11 is 11.7. The van der Waals surface area contributed by atoms with Crippen LogP contribution in [0.25, 0.3) is 0 Å². The normalized spacial score (nSPS) is 10.7. The van der Waals surface area contributed by atoms with Crippen molar-refractivity contribution in [2.24, 2.45) is 5.92 Å². The molecule has 0 fully saturated rings. The zero-order valence-corrected chi connectivity index (χ0v) is 14.0. The summed E-state index contributed by atoms with van der Waals surface area (Å²) in [6, 6.07) is 4.85. The van der Waals surface area contributed by atoms with Crippen molar-refractivity contribution >= 4 is 29.2 Å². The van der Waals surface area contributed by atoms with Gasteiger partial charge in [0.1, 0.15) is 5.75 Å². The van der Waals surface area contributed by atoms with Gasteiger partial charge in [-0.2, -0.15) is 0 Å². The number of hydrogen-bond donors (Lipinski definition) is 0. The van der Waals surface area contributed by atoms with E-state index in [-0.39, 0.29) is 12.6 Å². The Labute approximate surface area is 136 Å². The van der Waals surface area contributed by atoms with Crippen molar-refractivity contribution in [1.82, 2.24) is 0 Å². The molecular weight excluding hydrogens is 311 g/mol. The Bertz CT molecular complexity index is 447. The van der Waals surface area contributed by atoms with Crippen LogP contribution in [0.15, 0.2) is 18.2 Å². The van der Waals surface area contributed by atoms with Crippen molar-refractivity contribution in [3.05, 3.63) is 28.2 Å². The van der Waals surface area contributed by atoms with E-state index < -0.39 is 0 Å². The number of esters is 1. The molecule has 0 N–H and O–H groups in total. The van der Waals surface area contributed by atoms with E-state index in [1.807, 2.05) is 0 Å². The highest BCUT2D eigenvalue weighted by Crippen LogP contribution is 2.27. The molecule has 0 atom stereocenters. The number of hydrogen-bond acceptors (Lipinski definition) is 3. The lowest BCUT2D eigenvalue weighted by Gasteiger charge is -2.09. The minimum Gasteiger partial charge on any atom is -0.480 e. The van der Waals surface area contributed by atoms with Crippen LogP contribution in [0.1, 0.15) is 39.5 Å². The lowest BCUT2D eigenvalue weighted by Crippen LogP contribution is -2.15. The quantitative estimate of drug-likeness (QED) is 0.464. The van der Waals surface area contributed by atoms with E-state index >= 15 is 0 Å². The minimum atomic E-state index is -0.384. The van der Waals surface area contributed by atoms with Gasteiger partial charge in [0.2, 0.25) is 0 Å². The Morgan fingerprint density at radius 3 is 2.62 bits per heavy atom. The van der Waals surface area contributed by atoms with Gasteiger partial charge in [0, 0.05) is 5.02 Å². The molecule has 5 heteroatoms. The smallest absolute Gasteiger partial charge is 0.344 e. The Hall–Kier alpha value is -0.930. The van der Waals surface area contributed by atoms with Gasteiger partial charge in [-0.3, -0.25) is 0 Å². The van der Waals surface area contributed by atoms with Crippen LogP contribution in [0.5, 0.6) is 5.75 Å². The van der Waals surface area contributed by atoms with Gasteiger partial charge in [0.25, 0.3) is 0 Å². The number of unbranched alkanes of at least 4 members (excludes halogenated alkanes) is 2. The summed E-state index contributed by atoms with van der Waals surface area (Å²) in [5, 5.41) is 0.903. The van der Waals surface area contributed by atoms with E-state index in [1.54, 1.807) is 18.2 Å². The molecule has 3 nitrogen and oxygen atoms in total. The minimum absolute atomic E-state index is 0.145. The van der Waals surface area contributed by atoms with Crippen LogP contribution in [-0.2, 0) is 9.53 Å². The van der Waals surface area contributed by atoms with E-state index in [9.17, 15) is 4.79 Å². The van der Waals surface area contributed by atoms with E-state index in [0.29, 0.717) is 22.4 Å². The van der Waals surface area contributed by atoms with Crippen molar-refractivity contribution in [3.63, 3.8) is 0 Å². The Balaban J connectivity index is 2.14. The average Bonchev–Trinajstić information content (AvgIpc) is 2.41. The molecule has 0 aliphatic heterocycles. The molecule has 0 saturated carbocycles. The van der Waals surface area contributed by atoms with Gasteiger partial charge in [-0.05, 0) is 30.5 Å². The number of ether oxygens (including phenoxy) is 2. The fourth-order valence-electron chi connectivity index (χ4n) is 1.79. The lowest BCUT2D eigenvalue weighted by atomic mass is 10.1. The number of rotatable bonds is 9. The van der Waals surface area contributed by atoms with Gasteiger partial charge in [-0.25, -0.2) is 4.79 Å². The molecule has 0 aromatic heterocycles. The highest BCUT2D eigenvalue weighted by atomic mass is 35.5. The standard InChI is InChI=1S/C16H22Cl2O3/c1-12(2)6-4-3-5-9-20-16(19)11-21-15-8-7-13(17)10-14(15)18/h7-8,10,12H,3-6,9,11H2,1-2H3. The molecule has 1 aromatic rings. The van der Waals surface area contributed by atoms with Crippen LogP contribution < -0.4 is 4.74 Å². The third-order valence-electron chi connectivity index (χ3n) is 2.93.